The van der Waals surface area contributed by atoms with Crippen LogP contribution in [0.5, 0.6) is 0 Å². The van der Waals surface area contributed by atoms with Gasteiger partial charge in [-0.05, 0) is 12.5 Å². The molecular weight excluding hydrogens is 338 g/mol. The average molecular weight is 357 g/mol. The van der Waals surface area contributed by atoms with Gasteiger partial charge < -0.3 is 4.52 Å². The summed E-state index contributed by atoms with van der Waals surface area (Å²) in [7, 11) is -1.97. The Hall–Kier alpha value is -2.51. The zero-order chi connectivity index (χ0) is 17.9. The summed E-state index contributed by atoms with van der Waals surface area (Å²) in [6, 6.07) is 16.8. The van der Waals surface area contributed by atoms with Crippen LogP contribution in [0.1, 0.15) is 17.0 Å². The standard InChI is InChI=1S/C18H19N3O3S/c1-14-7-6-8-15(11-14)13-25(22,23)21(2)12-17-19-18(20-24-17)16-9-4-3-5-10-16/h3-11H,12-13H2,1-2H3. The number of aryl methyl sites for hydroxylation is 1. The summed E-state index contributed by atoms with van der Waals surface area (Å²) in [5, 5.41) is 3.91. The zero-order valence-electron chi connectivity index (χ0n) is 14.1. The molecule has 0 aliphatic carbocycles. The van der Waals surface area contributed by atoms with Crippen LogP contribution in [0.2, 0.25) is 0 Å². The fraction of sp³-hybridized carbons (Fsp3) is 0.222. The van der Waals surface area contributed by atoms with Gasteiger partial charge in [-0.2, -0.15) is 9.29 Å². The Labute approximate surface area is 147 Å². The van der Waals surface area contributed by atoms with E-state index >= 15 is 0 Å². The molecule has 0 aliphatic heterocycles. The van der Waals surface area contributed by atoms with E-state index in [1.165, 1.54) is 11.4 Å². The second-order valence-corrected chi connectivity index (χ2v) is 7.95. The summed E-state index contributed by atoms with van der Waals surface area (Å²) in [5.41, 5.74) is 2.60. The van der Waals surface area contributed by atoms with Gasteiger partial charge in [0.2, 0.25) is 21.7 Å². The number of rotatable bonds is 6. The molecule has 6 nitrogen and oxygen atoms in total. The minimum absolute atomic E-state index is 0.0357. The Balaban J connectivity index is 1.71. The van der Waals surface area contributed by atoms with Gasteiger partial charge in [-0.1, -0.05) is 65.3 Å². The maximum Gasteiger partial charge on any atom is 0.242 e. The van der Waals surface area contributed by atoms with Crippen LogP contribution in [-0.4, -0.2) is 29.9 Å². The number of nitrogens with zero attached hydrogens (tertiary/aromatic N) is 3. The van der Waals surface area contributed by atoms with Crippen LogP contribution in [0, 0.1) is 6.92 Å². The summed E-state index contributed by atoms with van der Waals surface area (Å²) in [6.07, 6.45) is 0. The van der Waals surface area contributed by atoms with Crippen molar-refractivity contribution in [3.63, 3.8) is 0 Å². The second kappa shape index (κ2) is 7.16. The molecule has 0 aliphatic rings. The first-order chi connectivity index (χ1) is 11.9. The third kappa shape index (κ3) is 4.32. The highest BCUT2D eigenvalue weighted by Gasteiger charge is 2.21. The normalized spacial score (nSPS) is 11.8. The third-order valence-electron chi connectivity index (χ3n) is 3.76. The van der Waals surface area contributed by atoms with E-state index in [0.717, 1.165) is 16.7 Å². The quantitative estimate of drug-likeness (QED) is 0.678. The van der Waals surface area contributed by atoms with Gasteiger partial charge in [-0.3, -0.25) is 0 Å². The summed E-state index contributed by atoms with van der Waals surface area (Å²) < 4.78 is 31.5. The van der Waals surface area contributed by atoms with E-state index in [4.69, 9.17) is 4.52 Å². The molecule has 0 saturated carbocycles. The van der Waals surface area contributed by atoms with Crippen molar-refractivity contribution >= 4 is 10.0 Å². The van der Waals surface area contributed by atoms with Crippen LogP contribution in [0.15, 0.2) is 59.1 Å². The van der Waals surface area contributed by atoms with Crippen molar-refractivity contribution in [1.82, 2.24) is 14.4 Å². The highest BCUT2D eigenvalue weighted by atomic mass is 32.2. The fourth-order valence-electron chi connectivity index (χ4n) is 2.44. The minimum atomic E-state index is -3.48. The summed E-state index contributed by atoms with van der Waals surface area (Å²) in [5.74, 6) is 0.638. The van der Waals surface area contributed by atoms with Gasteiger partial charge >= 0.3 is 0 Å². The molecule has 0 bridgehead atoms. The molecule has 0 atom stereocenters. The van der Waals surface area contributed by atoms with E-state index in [0.29, 0.717) is 5.82 Å². The van der Waals surface area contributed by atoms with Crippen molar-refractivity contribution in [3.8, 4) is 11.4 Å². The van der Waals surface area contributed by atoms with Crippen LogP contribution < -0.4 is 0 Å². The Bertz CT molecular complexity index is 952. The van der Waals surface area contributed by atoms with Gasteiger partial charge in [-0.25, -0.2) is 8.42 Å². The largest absolute Gasteiger partial charge is 0.338 e. The number of aromatic nitrogens is 2. The summed E-state index contributed by atoms with van der Waals surface area (Å²) in [4.78, 5) is 4.27. The maximum absolute atomic E-state index is 12.5. The molecule has 7 heteroatoms. The Morgan fingerprint density at radius 2 is 1.84 bits per heavy atom. The molecule has 3 rings (SSSR count). The zero-order valence-corrected chi connectivity index (χ0v) is 14.9. The van der Waals surface area contributed by atoms with Gasteiger partial charge in [0.25, 0.3) is 0 Å². The maximum atomic E-state index is 12.5. The first-order valence-corrected chi connectivity index (χ1v) is 9.42. The molecule has 0 fully saturated rings. The molecule has 0 saturated heterocycles. The van der Waals surface area contributed by atoms with Gasteiger partial charge in [0, 0.05) is 12.6 Å². The van der Waals surface area contributed by atoms with Gasteiger partial charge in [0.1, 0.15) is 0 Å². The number of benzene rings is 2. The third-order valence-corrected chi connectivity index (χ3v) is 5.54. The van der Waals surface area contributed by atoms with Crippen molar-refractivity contribution in [2.24, 2.45) is 0 Å². The van der Waals surface area contributed by atoms with E-state index in [1.54, 1.807) is 6.07 Å². The summed E-state index contributed by atoms with van der Waals surface area (Å²) >= 11 is 0. The minimum Gasteiger partial charge on any atom is -0.338 e. The highest BCUT2D eigenvalue weighted by molar-refractivity contribution is 7.88. The van der Waals surface area contributed by atoms with Crippen molar-refractivity contribution in [2.75, 3.05) is 7.05 Å². The number of hydrogen-bond acceptors (Lipinski definition) is 5. The predicted octanol–water partition coefficient (Wildman–Crippen LogP) is 3.01. The molecule has 0 unspecified atom stereocenters. The topological polar surface area (TPSA) is 76.3 Å². The molecule has 130 valence electrons. The predicted molar refractivity (Wildman–Crippen MR) is 95.0 cm³/mol. The lowest BCUT2D eigenvalue weighted by molar-refractivity contribution is 0.336. The van der Waals surface area contributed by atoms with E-state index in [-0.39, 0.29) is 18.2 Å². The monoisotopic (exact) mass is 357 g/mol. The van der Waals surface area contributed by atoms with Crippen LogP contribution in [0.25, 0.3) is 11.4 Å². The fourth-order valence-corrected chi connectivity index (χ4v) is 3.56. The van der Waals surface area contributed by atoms with Crippen LogP contribution in [0.4, 0.5) is 0 Å². The molecule has 1 heterocycles. The van der Waals surface area contributed by atoms with Gasteiger partial charge in [-0.15, -0.1) is 0 Å². The summed E-state index contributed by atoms with van der Waals surface area (Å²) in [6.45, 7) is 1.97. The van der Waals surface area contributed by atoms with E-state index in [9.17, 15) is 8.42 Å². The smallest absolute Gasteiger partial charge is 0.242 e. The van der Waals surface area contributed by atoms with E-state index < -0.39 is 10.0 Å². The molecule has 3 aromatic rings. The Kier molecular flexibility index (Phi) is 4.96. The average Bonchev–Trinajstić information content (AvgIpc) is 3.04. The first-order valence-electron chi connectivity index (χ1n) is 7.81. The first kappa shape index (κ1) is 17.3. The van der Waals surface area contributed by atoms with Crippen molar-refractivity contribution < 1.29 is 12.9 Å². The van der Waals surface area contributed by atoms with Gasteiger partial charge in [0.15, 0.2) is 0 Å². The second-order valence-electron chi connectivity index (χ2n) is 5.88. The lowest BCUT2D eigenvalue weighted by atomic mass is 10.2. The van der Waals surface area contributed by atoms with Crippen LogP contribution in [0.3, 0.4) is 0 Å². The molecule has 2 aromatic carbocycles. The van der Waals surface area contributed by atoms with Crippen LogP contribution in [-0.2, 0) is 22.3 Å². The van der Waals surface area contributed by atoms with Gasteiger partial charge in [0.05, 0.1) is 12.3 Å². The lowest BCUT2D eigenvalue weighted by Gasteiger charge is -2.15. The van der Waals surface area contributed by atoms with Crippen LogP contribution >= 0.6 is 0 Å². The molecular formula is C18H19N3O3S. The number of hydrogen-bond donors (Lipinski definition) is 0. The number of sulfonamides is 1. The molecule has 1 aromatic heterocycles. The van der Waals surface area contributed by atoms with Crippen molar-refractivity contribution in [3.05, 3.63) is 71.6 Å². The molecule has 0 N–H and O–H groups in total. The van der Waals surface area contributed by atoms with E-state index in [1.807, 2.05) is 55.5 Å². The highest BCUT2D eigenvalue weighted by Crippen LogP contribution is 2.17. The SMILES string of the molecule is Cc1cccc(CS(=O)(=O)N(C)Cc2nc(-c3ccccc3)no2)c1. The van der Waals surface area contributed by atoms with Crippen molar-refractivity contribution in [1.29, 1.82) is 0 Å². The molecule has 25 heavy (non-hydrogen) atoms. The Morgan fingerprint density at radius 3 is 2.56 bits per heavy atom. The molecule has 0 amide bonds. The van der Waals surface area contributed by atoms with E-state index in [2.05, 4.69) is 10.1 Å². The lowest BCUT2D eigenvalue weighted by Crippen LogP contribution is -2.27. The molecule has 0 spiro atoms. The van der Waals surface area contributed by atoms with Crippen molar-refractivity contribution in [2.45, 2.75) is 19.2 Å². The Morgan fingerprint density at radius 1 is 1.08 bits per heavy atom. The molecule has 0 radical (unpaired) electrons.